The van der Waals surface area contributed by atoms with Crippen LogP contribution in [0.5, 0.6) is 11.5 Å². The molecule has 7 heteroatoms. The number of carbonyl (C=O) groups is 2. The number of ether oxygens (including phenoxy) is 2. The monoisotopic (exact) mass is 360 g/mol. The summed E-state index contributed by atoms with van der Waals surface area (Å²) >= 11 is 1.68. The molecule has 1 aliphatic rings. The summed E-state index contributed by atoms with van der Waals surface area (Å²) in [6.07, 6.45) is 0. The van der Waals surface area contributed by atoms with Crippen molar-refractivity contribution in [3.8, 4) is 11.5 Å². The van der Waals surface area contributed by atoms with E-state index in [4.69, 9.17) is 9.47 Å². The highest BCUT2D eigenvalue weighted by Gasteiger charge is 2.20. The zero-order valence-corrected chi connectivity index (χ0v) is 15.2. The third-order valence-electron chi connectivity index (χ3n) is 3.96. The smallest absolute Gasteiger partial charge is 0.238 e. The lowest BCUT2D eigenvalue weighted by Gasteiger charge is -2.17. The van der Waals surface area contributed by atoms with Crippen LogP contribution in [0.1, 0.15) is 27.7 Å². The van der Waals surface area contributed by atoms with Gasteiger partial charge < -0.3 is 14.8 Å². The quantitative estimate of drug-likeness (QED) is 0.802. The topological polar surface area (TPSA) is 67.9 Å². The van der Waals surface area contributed by atoms with Crippen molar-refractivity contribution in [3.63, 3.8) is 0 Å². The van der Waals surface area contributed by atoms with Gasteiger partial charge in [0.1, 0.15) is 0 Å². The van der Waals surface area contributed by atoms with Gasteiger partial charge in [0.2, 0.25) is 12.7 Å². The Labute approximate surface area is 150 Å². The van der Waals surface area contributed by atoms with Crippen molar-refractivity contribution in [2.24, 2.45) is 0 Å². The molecule has 1 N–H and O–H groups in total. The van der Waals surface area contributed by atoms with Gasteiger partial charge in [-0.25, -0.2) is 0 Å². The first-order chi connectivity index (χ1) is 11.9. The van der Waals surface area contributed by atoms with Gasteiger partial charge in [-0.2, -0.15) is 0 Å². The Bertz CT molecular complexity index is 815. The zero-order chi connectivity index (χ0) is 18.0. The number of rotatable bonds is 6. The molecular formula is C18H20N2O4S. The van der Waals surface area contributed by atoms with E-state index in [0.29, 0.717) is 29.3 Å². The number of ketones is 1. The second-order valence-corrected chi connectivity index (χ2v) is 7.06. The maximum atomic E-state index is 12.4. The Kier molecular flexibility index (Phi) is 5.06. The number of amides is 1. The molecule has 0 radical (unpaired) electrons. The molecule has 2 aromatic rings. The third-order valence-corrected chi connectivity index (χ3v) is 4.97. The summed E-state index contributed by atoms with van der Waals surface area (Å²) in [7, 11) is 1.89. The Morgan fingerprint density at radius 3 is 2.64 bits per heavy atom. The normalized spacial score (nSPS) is 12.5. The molecule has 1 aromatic carbocycles. The predicted octanol–water partition coefficient (Wildman–Crippen LogP) is 3.06. The van der Waals surface area contributed by atoms with Gasteiger partial charge in [0, 0.05) is 23.1 Å². The highest BCUT2D eigenvalue weighted by molar-refractivity contribution is 7.10. The Morgan fingerprint density at radius 2 is 2.00 bits per heavy atom. The number of fused-ring (bicyclic) bond motifs is 1. The van der Waals surface area contributed by atoms with E-state index in [2.05, 4.69) is 18.3 Å². The van der Waals surface area contributed by atoms with Crippen molar-refractivity contribution >= 4 is 28.7 Å². The molecule has 0 saturated carbocycles. The van der Waals surface area contributed by atoms with Crippen LogP contribution >= 0.6 is 11.3 Å². The molecule has 0 unspecified atom stereocenters. The molecule has 1 amide bonds. The van der Waals surface area contributed by atoms with Gasteiger partial charge in [0.25, 0.3) is 0 Å². The first-order valence-electron chi connectivity index (χ1n) is 7.90. The fourth-order valence-electron chi connectivity index (χ4n) is 2.64. The first-order valence-corrected chi connectivity index (χ1v) is 8.78. The lowest BCUT2D eigenvalue weighted by Crippen LogP contribution is -2.30. The number of likely N-dealkylation sites (N-methyl/N-ethyl adjacent to an activating group) is 1. The van der Waals surface area contributed by atoms with Crippen LogP contribution in [0, 0.1) is 6.92 Å². The average Bonchev–Trinajstić information content (AvgIpc) is 3.15. The third kappa shape index (κ3) is 4.00. The molecule has 0 fully saturated rings. The highest BCUT2D eigenvalue weighted by atomic mass is 32.1. The molecule has 3 rings (SSSR count). The van der Waals surface area contributed by atoms with E-state index in [9.17, 15) is 9.59 Å². The number of thiophene rings is 1. The van der Waals surface area contributed by atoms with Crippen LogP contribution < -0.4 is 14.8 Å². The number of benzene rings is 1. The van der Waals surface area contributed by atoms with Crippen molar-refractivity contribution in [1.29, 1.82) is 0 Å². The van der Waals surface area contributed by atoms with Crippen molar-refractivity contribution in [3.05, 3.63) is 39.6 Å². The van der Waals surface area contributed by atoms with E-state index in [1.165, 1.54) is 17.4 Å². The molecule has 0 bridgehead atoms. The maximum absolute atomic E-state index is 12.4. The van der Waals surface area contributed by atoms with Gasteiger partial charge in [-0.05, 0) is 44.0 Å². The van der Waals surface area contributed by atoms with E-state index in [-0.39, 0.29) is 25.0 Å². The highest BCUT2D eigenvalue weighted by Crippen LogP contribution is 2.37. The minimum absolute atomic E-state index is 0.118. The summed E-state index contributed by atoms with van der Waals surface area (Å²) in [5.74, 6) is 0.727. The molecule has 25 heavy (non-hydrogen) atoms. The Morgan fingerprint density at radius 1 is 1.28 bits per heavy atom. The van der Waals surface area contributed by atoms with Crippen LogP contribution in [0.4, 0.5) is 5.69 Å². The molecule has 0 aliphatic carbocycles. The number of hydrogen-bond acceptors (Lipinski definition) is 6. The van der Waals surface area contributed by atoms with Gasteiger partial charge in [0.15, 0.2) is 17.3 Å². The summed E-state index contributed by atoms with van der Waals surface area (Å²) in [6.45, 7) is 4.57. The van der Waals surface area contributed by atoms with Gasteiger partial charge >= 0.3 is 0 Å². The largest absolute Gasteiger partial charge is 0.454 e. The standard InChI is InChI=1S/C18H20N2O4S/c1-11-4-5-25-17(11)8-20(3)9-18(22)19-14-7-16-15(23-10-24-16)6-13(14)12(2)21/h4-7H,8-10H2,1-3H3,(H,19,22). The number of carbonyl (C=O) groups excluding carboxylic acids is 2. The van der Waals surface area contributed by atoms with Gasteiger partial charge in [-0.1, -0.05) is 0 Å². The number of nitrogens with one attached hydrogen (secondary N) is 1. The van der Waals surface area contributed by atoms with Gasteiger partial charge in [-0.15, -0.1) is 11.3 Å². The molecule has 1 aliphatic heterocycles. The average molecular weight is 360 g/mol. The van der Waals surface area contributed by atoms with E-state index >= 15 is 0 Å². The second kappa shape index (κ2) is 7.25. The van der Waals surface area contributed by atoms with Crippen LogP contribution in [0.3, 0.4) is 0 Å². The van der Waals surface area contributed by atoms with Crippen molar-refractivity contribution in [1.82, 2.24) is 4.90 Å². The number of Topliss-reactive ketones (excluding diaryl/α,β-unsaturated/α-hetero) is 1. The van der Waals surface area contributed by atoms with E-state index in [0.717, 1.165) is 0 Å². The SMILES string of the molecule is CC(=O)c1cc2c(cc1NC(=O)CN(C)Cc1sccc1C)OCO2. The molecule has 132 valence electrons. The van der Waals surface area contributed by atoms with Gasteiger partial charge in [-0.3, -0.25) is 14.5 Å². The van der Waals surface area contributed by atoms with Crippen LogP contribution in [0.2, 0.25) is 0 Å². The molecule has 0 atom stereocenters. The number of nitrogens with zero attached hydrogens (tertiary/aromatic N) is 1. The maximum Gasteiger partial charge on any atom is 0.238 e. The second-order valence-electron chi connectivity index (χ2n) is 6.05. The zero-order valence-electron chi connectivity index (χ0n) is 14.4. The molecule has 0 spiro atoms. The molecule has 0 saturated heterocycles. The van der Waals surface area contributed by atoms with Crippen LogP contribution in [-0.4, -0.2) is 37.0 Å². The molecule has 2 heterocycles. The van der Waals surface area contributed by atoms with Crippen molar-refractivity contribution < 1.29 is 19.1 Å². The number of hydrogen-bond donors (Lipinski definition) is 1. The molecule has 6 nitrogen and oxygen atoms in total. The minimum atomic E-state index is -0.182. The number of anilines is 1. The lowest BCUT2D eigenvalue weighted by molar-refractivity contribution is -0.117. The van der Waals surface area contributed by atoms with E-state index < -0.39 is 0 Å². The van der Waals surface area contributed by atoms with Gasteiger partial charge in [0.05, 0.1) is 12.2 Å². The van der Waals surface area contributed by atoms with E-state index in [1.807, 2.05) is 17.3 Å². The van der Waals surface area contributed by atoms with E-state index in [1.54, 1.807) is 23.5 Å². The summed E-state index contributed by atoms with van der Waals surface area (Å²) in [5, 5.41) is 4.86. The molecular weight excluding hydrogens is 340 g/mol. The molecule has 1 aromatic heterocycles. The van der Waals surface area contributed by atoms with Crippen molar-refractivity contribution in [2.45, 2.75) is 20.4 Å². The fraction of sp³-hybridized carbons (Fsp3) is 0.333. The Hall–Kier alpha value is -2.38. The summed E-state index contributed by atoms with van der Waals surface area (Å²) in [5.41, 5.74) is 2.09. The summed E-state index contributed by atoms with van der Waals surface area (Å²) in [6, 6.07) is 5.32. The lowest BCUT2D eigenvalue weighted by atomic mass is 10.1. The summed E-state index contributed by atoms with van der Waals surface area (Å²) in [4.78, 5) is 27.4. The first kappa shape index (κ1) is 17.4. The predicted molar refractivity (Wildman–Crippen MR) is 96.6 cm³/mol. The van der Waals surface area contributed by atoms with Crippen molar-refractivity contribution in [2.75, 3.05) is 25.7 Å². The van der Waals surface area contributed by atoms with Crippen LogP contribution in [0.15, 0.2) is 23.6 Å². The Balaban J connectivity index is 1.68. The fourth-order valence-corrected chi connectivity index (χ4v) is 3.62. The number of aryl methyl sites for hydroxylation is 1. The van der Waals surface area contributed by atoms with Crippen LogP contribution in [-0.2, 0) is 11.3 Å². The summed E-state index contributed by atoms with van der Waals surface area (Å²) < 4.78 is 10.6. The van der Waals surface area contributed by atoms with Crippen LogP contribution in [0.25, 0.3) is 0 Å². The minimum Gasteiger partial charge on any atom is -0.454 e.